The van der Waals surface area contributed by atoms with Gasteiger partial charge >= 0.3 is 0 Å². The molecular weight excluding hydrogens is 268 g/mol. The summed E-state index contributed by atoms with van der Waals surface area (Å²) in [6.07, 6.45) is 3.26. The standard InChI is InChI=1S/C12H17ClN4O2/c13-10-6-8(7-11(16-10)17-14)12(18)15-4-3-9-2-1-5-19-9/h6-7,9H,1-5,14H2,(H,15,18)(H,16,17). The molecule has 19 heavy (non-hydrogen) atoms. The van der Waals surface area contributed by atoms with Gasteiger partial charge in [0, 0.05) is 18.7 Å². The molecule has 2 heterocycles. The fraction of sp³-hybridized carbons (Fsp3) is 0.500. The van der Waals surface area contributed by atoms with Crippen molar-refractivity contribution in [3.63, 3.8) is 0 Å². The van der Waals surface area contributed by atoms with Crippen molar-refractivity contribution >= 4 is 23.3 Å². The van der Waals surface area contributed by atoms with E-state index in [1.165, 1.54) is 6.07 Å². The Balaban J connectivity index is 1.86. The maximum absolute atomic E-state index is 11.9. The number of nitrogens with zero attached hydrogens (tertiary/aromatic N) is 1. The number of pyridine rings is 1. The number of amides is 1. The van der Waals surface area contributed by atoms with Crippen molar-refractivity contribution < 1.29 is 9.53 Å². The molecule has 0 aromatic carbocycles. The summed E-state index contributed by atoms with van der Waals surface area (Å²) in [6.45, 7) is 1.40. The van der Waals surface area contributed by atoms with Crippen molar-refractivity contribution in [1.82, 2.24) is 10.3 Å². The van der Waals surface area contributed by atoms with E-state index >= 15 is 0 Å². The average Bonchev–Trinajstić information content (AvgIpc) is 2.91. The SMILES string of the molecule is NNc1cc(C(=O)NCCC2CCCO2)cc(Cl)n1. The Labute approximate surface area is 116 Å². The van der Waals surface area contributed by atoms with Crippen LogP contribution in [-0.2, 0) is 4.74 Å². The molecular formula is C12H17ClN4O2. The fourth-order valence-corrected chi connectivity index (χ4v) is 2.23. The number of carbonyl (C=O) groups excluding carboxylic acids is 1. The monoisotopic (exact) mass is 284 g/mol. The summed E-state index contributed by atoms with van der Waals surface area (Å²) in [6, 6.07) is 3.05. The van der Waals surface area contributed by atoms with Crippen LogP contribution in [0.15, 0.2) is 12.1 Å². The molecule has 1 fully saturated rings. The van der Waals surface area contributed by atoms with Gasteiger partial charge in [0.05, 0.1) is 6.10 Å². The molecule has 1 unspecified atom stereocenters. The molecule has 1 aliphatic rings. The molecule has 0 bridgehead atoms. The quantitative estimate of drug-likeness (QED) is 0.431. The highest BCUT2D eigenvalue weighted by Crippen LogP contribution is 2.15. The van der Waals surface area contributed by atoms with Gasteiger partial charge in [0.1, 0.15) is 11.0 Å². The highest BCUT2D eigenvalue weighted by molar-refractivity contribution is 6.29. The van der Waals surface area contributed by atoms with E-state index in [-0.39, 0.29) is 17.2 Å². The Morgan fingerprint density at radius 2 is 2.42 bits per heavy atom. The van der Waals surface area contributed by atoms with Gasteiger partial charge in [-0.3, -0.25) is 4.79 Å². The fourth-order valence-electron chi connectivity index (χ4n) is 2.02. The van der Waals surface area contributed by atoms with Gasteiger partial charge in [-0.2, -0.15) is 0 Å². The molecule has 1 amide bonds. The molecule has 104 valence electrons. The van der Waals surface area contributed by atoms with Crippen LogP contribution in [0, 0.1) is 0 Å². The smallest absolute Gasteiger partial charge is 0.251 e. The molecule has 0 aliphatic carbocycles. The predicted octanol–water partition coefficient (Wildman–Crippen LogP) is 1.32. The van der Waals surface area contributed by atoms with Crippen molar-refractivity contribution in [2.24, 2.45) is 5.84 Å². The summed E-state index contributed by atoms with van der Waals surface area (Å²) in [5, 5.41) is 3.05. The van der Waals surface area contributed by atoms with Crippen molar-refractivity contribution in [2.75, 3.05) is 18.6 Å². The minimum atomic E-state index is -0.196. The second kappa shape index (κ2) is 6.70. The lowest BCUT2D eigenvalue weighted by molar-refractivity contribution is 0.0907. The number of ether oxygens (including phenoxy) is 1. The van der Waals surface area contributed by atoms with Gasteiger partial charge in [-0.1, -0.05) is 11.6 Å². The number of halogens is 1. The highest BCUT2D eigenvalue weighted by atomic mass is 35.5. The summed E-state index contributed by atoms with van der Waals surface area (Å²) in [5.41, 5.74) is 2.80. The molecule has 0 radical (unpaired) electrons. The number of carbonyl (C=O) groups is 1. The van der Waals surface area contributed by atoms with Crippen LogP contribution in [0.5, 0.6) is 0 Å². The minimum absolute atomic E-state index is 0.196. The first-order chi connectivity index (χ1) is 9.19. The summed E-state index contributed by atoms with van der Waals surface area (Å²) in [7, 11) is 0. The van der Waals surface area contributed by atoms with Crippen molar-refractivity contribution in [3.05, 3.63) is 22.8 Å². The lowest BCUT2D eigenvalue weighted by atomic mass is 10.2. The zero-order valence-electron chi connectivity index (χ0n) is 10.5. The molecule has 6 nitrogen and oxygen atoms in total. The average molecular weight is 285 g/mol. The van der Waals surface area contributed by atoms with Gasteiger partial charge in [-0.15, -0.1) is 0 Å². The molecule has 2 rings (SSSR count). The normalized spacial score (nSPS) is 18.3. The number of nitrogens with two attached hydrogens (primary N) is 1. The van der Waals surface area contributed by atoms with E-state index in [0.717, 1.165) is 25.9 Å². The number of aromatic nitrogens is 1. The van der Waals surface area contributed by atoms with E-state index in [2.05, 4.69) is 15.7 Å². The number of nitrogens with one attached hydrogen (secondary N) is 2. The van der Waals surface area contributed by atoms with Crippen molar-refractivity contribution in [1.29, 1.82) is 0 Å². The second-order valence-corrected chi connectivity index (χ2v) is 4.77. The summed E-state index contributed by atoms with van der Waals surface area (Å²) in [5.74, 6) is 5.41. The Bertz CT molecular complexity index is 449. The Hall–Kier alpha value is -1.37. The van der Waals surface area contributed by atoms with Gasteiger partial charge in [-0.25, -0.2) is 10.8 Å². The molecule has 1 aromatic heterocycles. The molecule has 0 saturated carbocycles. The molecule has 1 aromatic rings. The molecule has 1 aliphatic heterocycles. The van der Waals surface area contributed by atoms with Gasteiger partial charge in [0.25, 0.3) is 5.91 Å². The maximum Gasteiger partial charge on any atom is 0.251 e. The van der Waals surface area contributed by atoms with Crippen molar-refractivity contribution in [2.45, 2.75) is 25.4 Å². The number of nitrogen functional groups attached to an aromatic ring is 1. The minimum Gasteiger partial charge on any atom is -0.378 e. The number of hydrazine groups is 1. The first-order valence-electron chi connectivity index (χ1n) is 6.23. The van der Waals surface area contributed by atoms with E-state index in [4.69, 9.17) is 22.2 Å². The lowest BCUT2D eigenvalue weighted by Gasteiger charge is -2.10. The molecule has 1 saturated heterocycles. The van der Waals surface area contributed by atoms with Crippen LogP contribution < -0.4 is 16.6 Å². The van der Waals surface area contributed by atoms with E-state index < -0.39 is 0 Å². The van der Waals surface area contributed by atoms with Crippen LogP contribution in [0.1, 0.15) is 29.6 Å². The third-order valence-electron chi connectivity index (χ3n) is 2.98. The lowest BCUT2D eigenvalue weighted by Crippen LogP contribution is -2.27. The number of anilines is 1. The van der Waals surface area contributed by atoms with Gasteiger partial charge in [0.15, 0.2) is 0 Å². The number of hydrogen-bond donors (Lipinski definition) is 3. The highest BCUT2D eigenvalue weighted by Gasteiger charge is 2.15. The summed E-state index contributed by atoms with van der Waals surface area (Å²) >= 11 is 5.80. The number of rotatable bonds is 5. The van der Waals surface area contributed by atoms with Gasteiger partial charge < -0.3 is 15.5 Å². The summed E-state index contributed by atoms with van der Waals surface area (Å²) in [4.78, 5) is 15.8. The molecule has 0 spiro atoms. The predicted molar refractivity (Wildman–Crippen MR) is 73.0 cm³/mol. The van der Waals surface area contributed by atoms with Gasteiger partial charge in [-0.05, 0) is 31.4 Å². The van der Waals surface area contributed by atoms with E-state index in [9.17, 15) is 4.79 Å². The van der Waals surface area contributed by atoms with Crippen LogP contribution >= 0.6 is 11.6 Å². The Morgan fingerprint density at radius 1 is 1.58 bits per heavy atom. The first-order valence-corrected chi connectivity index (χ1v) is 6.61. The maximum atomic E-state index is 11.9. The summed E-state index contributed by atoms with van der Waals surface area (Å²) < 4.78 is 5.49. The second-order valence-electron chi connectivity index (χ2n) is 4.39. The van der Waals surface area contributed by atoms with E-state index in [1.807, 2.05) is 0 Å². The van der Waals surface area contributed by atoms with Crippen LogP contribution in [0.3, 0.4) is 0 Å². The topological polar surface area (TPSA) is 89.3 Å². The number of hydrogen-bond acceptors (Lipinski definition) is 5. The zero-order chi connectivity index (χ0) is 13.7. The Morgan fingerprint density at radius 3 is 3.11 bits per heavy atom. The van der Waals surface area contributed by atoms with Crippen LogP contribution in [0.2, 0.25) is 5.15 Å². The van der Waals surface area contributed by atoms with E-state index in [1.54, 1.807) is 6.07 Å². The van der Waals surface area contributed by atoms with Crippen LogP contribution in [-0.4, -0.2) is 30.1 Å². The largest absolute Gasteiger partial charge is 0.378 e. The first kappa shape index (κ1) is 14.0. The van der Waals surface area contributed by atoms with Crippen LogP contribution in [0.25, 0.3) is 0 Å². The third kappa shape index (κ3) is 4.05. The molecule has 7 heteroatoms. The molecule has 1 atom stereocenters. The molecule has 4 N–H and O–H groups in total. The van der Waals surface area contributed by atoms with Crippen molar-refractivity contribution in [3.8, 4) is 0 Å². The van der Waals surface area contributed by atoms with E-state index in [0.29, 0.717) is 17.9 Å². The van der Waals surface area contributed by atoms with Gasteiger partial charge in [0.2, 0.25) is 0 Å². The zero-order valence-corrected chi connectivity index (χ0v) is 11.2. The Kier molecular flexibility index (Phi) is 4.95. The third-order valence-corrected chi connectivity index (χ3v) is 3.17. The van der Waals surface area contributed by atoms with Crippen LogP contribution in [0.4, 0.5) is 5.82 Å².